The molecule has 17 valence electrons. The number of rotatable bonds is 0. The van der Waals surface area contributed by atoms with Gasteiger partial charge in [-0.3, -0.25) is 0 Å². The van der Waals surface area contributed by atoms with Crippen molar-refractivity contribution in [2.45, 2.75) is 0 Å². The molecule has 0 aliphatic rings. The van der Waals surface area contributed by atoms with Crippen LogP contribution in [0.5, 0.6) is 0 Å². The number of halogens is 1. The van der Waals surface area contributed by atoms with E-state index >= 15 is 0 Å². The molecule has 4 heavy (non-hydrogen) atoms. The largest absolute Gasteiger partial charge is 3.00 e. The number of hydrogen-bond donors (Lipinski definition) is 0. The fraction of sp³-hybridized carbons (Fsp3) is 0. The van der Waals surface area contributed by atoms with Gasteiger partial charge in [0, 0.05) is 0 Å². The third-order valence-electron chi connectivity index (χ3n) is 0. The Morgan fingerprint density at radius 1 is 1.00 bits per heavy atom. The molecule has 0 amide bonds. The van der Waals surface area contributed by atoms with Gasteiger partial charge in [-0.25, -0.2) is 0 Å². The van der Waals surface area contributed by atoms with E-state index in [2.05, 4.69) is 0 Å². The topological polar surface area (TPSA) is 28.5 Å². The average Bonchev–Trinajstić information content (AvgIpc) is 0. The normalized spacial score (nSPS) is 0. The van der Waals surface area contributed by atoms with Crippen LogP contribution in [0.1, 0.15) is 0 Å². The van der Waals surface area contributed by atoms with Gasteiger partial charge in [0.25, 0.3) is 0 Å². The first-order chi connectivity index (χ1) is 0. The molecule has 0 aromatic rings. The molecule has 0 heterocycles. The summed E-state index contributed by atoms with van der Waals surface area (Å²) < 4.78 is 0. The van der Waals surface area contributed by atoms with E-state index in [1.807, 2.05) is 0 Å². The summed E-state index contributed by atoms with van der Waals surface area (Å²) in [6.07, 6.45) is 0. The van der Waals surface area contributed by atoms with Gasteiger partial charge in [0.05, 0.1) is 0 Å². The summed E-state index contributed by atoms with van der Waals surface area (Å²) >= 11 is 0. The van der Waals surface area contributed by atoms with Crippen LogP contribution in [-0.4, -0.2) is 23.1 Å². The second-order valence-corrected chi connectivity index (χ2v) is 0. The third-order valence-corrected chi connectivity index (χ3v) is 0. The van der Waals surface area contributed by atoms with Crippen molar-refractivity contribution in [3.05, 3.63) is 0 Å². The maximum atomic E-state index is 0. The first-order valence-corrected chi connectivity index (χ1v) is 0. The monoisotopic (exact) mass is 199 g/mol. The Hall–Kier alpha value is 2.03. The van der Waals surface area contributed by atoms with Crippen molar-refractivity contribution < 1.29 is 51.9 Å². The zero-order valence-electron chi connectivity index (χ0n) is 1.99. The van der Waals surface area contributed by atoms with Gasteiger partial charge in [-0.2, -0.15) is 0 Å². The predicted molar refractivity (Wildman–Crippen MR) is 6.44 cm³/mol. The van der Waals surface area contributed by atoms with E-state index in [4.69, 9.17) is 0 Å². The minimum absolute atomic E-state index is 0. The van der Waals surface area contributed by atoms with E-state index in [0.717, 1.165) is 0 Å². The molecule has 0 unspecified atom stereocenters. The molecule has 0 aromatic heterocycles. The summed E-state index contributed by atoms with van der Waals surface area (Å²) in [5.74, 6) is 0. The van der Waals surface area contributed by atoms with Crippen molar-refractivity contribution in [3.63, 3.8) is 0 Å². The van der Waals surface area contributed by atoms with Gasteiger partial charge < -0.3 is 10.2 Å². The minimum Gasteiger partial charge on any atom is -2.00 e. The summed E-state index contributed by atoms with van der Waals surface area (Å²) in [6, 6.07) is 0. The van der Waals surface area contributed by atoms with E-state index in [1.165, 1.54) is 0 Å². The SMILES string of the molecule is [Ce+3].[F-].[Mg+2].[O-2]. The van der Waals surface area contributed by atoms with Crippen LogP contribution in [-0.2, 0) is 5.48 Å². The molecular formula is CeFMgO+2. The van der Waals surface area contributed by atoms with Crippen LogP contribution in [0.25, 0.3) is 0 Å². The Bertz CT molecular complexity index is 8.00. The molecule has 4 heteroatoms. The predicted octanol–water partition coefficient (Wildman–Crippen LogP) is -3.50. The molecule has 0 bridgehead atoms. The summed E-state index contributed by atoms with van der Waals surface area (Å²) in [7, 11) is 0. The van der Waals surface area contributed by atoms with Crippen LogP contribution < -0.4 is 4.70 Å². The van der Waals surface area contributed by atoms with Crippen LogP contribution >= 0.6 is 0 Å². The Balaban J connectivity index is 0. The van der Waals surface area contributed by atoms with E-state index in [-0.39, 0.29) is 75.0 Å². The molecule has 1 nitrogen and oxygen atoms in total. The molecule has 0 rings (SSSR count). The third kappa shape index (κ3) is 8.98. The van der Waals surface area contributed by atoms with Gasteiger partial charge in [0.15, 0.2) is 0 Å². The van der Waals surface area contributed by atoms with Crippen LogP contribution in [0, 0.1) is 41.7 Å². The minimum atomic E-state index is 0. The first kappa shape index (κ1) is 37.0. The average molecular weight is 199 g/mol. The van der Waals surface area contributed by atoms with Gasteiger partial charge >= 0.3 is 64.8 Å². The van der Waals surface area contributed by atoms with Crippen molar-refractivity contribution in [3.8, 4) is 0 Å². The maximum Gasteiger partial charge on any atom is 3.00 e. The van der Waals surface area contributed by atoms with Gasteiger partial charge in [-0.1, -0.05) is 0 Å². The fourth-order valence-corrected chi connectivity index (χ4v) is 0. The van der Waals surface area contributed by atoms with Crippen LogP contribution in [0.15, 0.2) is 0 Å². The van der Waals surface area contributed by atoms with Crippen molar-refractivity contribution in [2.75, 3.05) is 0 Å². The molecule has 0 saturated heterocycles. The summed E-state index contributed by atoms with van der Waals surface area (Å²) in [4.78, 5) is 0. The van der Waals surface area contributed by atoms with Crippen LogP contribution in [0.3, 0.4) is 0 Å². The van der Waals surface area contributed by atoms with E-state index < -0.39 is 0 Å². The molecule has 0 atom stereocenters. The summed E-state index contributed by atoms with van der Waals surface area (Å²) in [5.41, 5.74) is 0. The van der Waals surface area contributed by atoms with Gasteiger partial charge in [-0.15, -0.1) is 0 Å². The van der Waals surface area contributed by atoms with Crippen molar-refractivity contribution >= 4 is 23.1 Å². The van der Waals surface area contributed by atoms with E-state index in [0.29, 0.717) is 0 Å². The molecule has 0 aliphatic heterocycles. The van der Waals surface area contributed by atoms with Crippen LogP contribution in [0.2, 0.25) is 0 Å². The van der Waals surface area contributed by atoms with Crippen molar-refractivity contribution in [2.24, 2.45) is 0 Å². The van der Waals surface area contributed by atoms with E-state index in [1.54, 1.807) is 0 Å². The van der Waals surface area contributed by atoms with E-state index in [9.17, 15) is 0 Å². The van der Waals surface area contributed by atoms with Gasteiger partial charge in [0.1, 0.15) is 0 Å². The maximum absolute atomic E-state index is 0. The Kier molecular flexibility index (Phi) is 183. The fourth-order valence-electron chi connectivity index (χ4n) is 0. The number of hydrogen-bond acceptors (Lipinski definition) is 0. The molecule has 0 saturated carbocycles. The molecule has 0 N–H and O–H groups in total. The van der Waals surface area contributed by atoms with Crippen molar-refractivity contribution in [1.82, 2.24) is 0 Å². The quantitative estimate of drug-likeness (QED) is 0.362. The Morgan fingerprint density at radius 3 is 1.00 bits per heavy atom. The first-order valence-electron chi connectivity index (χ1n) is 0. The molecule has 0 aliphatic carbocycles. The molecule has 0 fully saturated rings. The van der Waals surface area contributed by atoms with Crippen LogP contribution in [0.4, 0.5) is 0 Å². The zero-order chi connectivity index (χ0) is 0. The summed E-state index contributed by atoms with van der Waals surface area (Å²) in [5, 5.41) is 0. The second kappa shape index (κ2) is 19.8. The summed E-state index contributed by atoms with van der Waals surface area (Å²) in [6.45, 7) is 0. The molecule has 1 radical (unpaired) electrons. The zero-order valence-corrected chi connectivity index (χ0v) is 6.55. The Labute approximate surface area is 73.7 Å². The molecule has 0 spiro atoms. The standard InChI is InChI=1S/Ce.FH.Mg.O/h;1H;;/q+3;;+2;-2/p-1. The molecular weight excluding hydrogens is 199 g/mol. The van der Waals surface area contributed by atoms with Gasteiger partial charge in [-0.05, 0) is 0 Å². The van der Waals surface area contributed by atoms with Crippen molar-refractivity contribution in [1.29, 1.82) is 0 Å². The smallest absolute Gasteiger partial charge is 2.00 e. The molecule has 0 aromatic carbocycles. The Morgan fingerprint density at radius 2 is 1.00 bits per heavy atom. The van der Waals surface area contributed by atoms with Gasteiger partial charge in [0.2, 0.25) is 0 Å². The second-order valence-electron chi connectivity index (χ2n) is 0.